The Morgan fingerprint density at radius 3 is 2.67 bits per heavy atom. The number of rotatable bonds is 5. The first kappa shape index (κ1) is 21.6. The number of piperazine rings is 1. The summed E-state index contributed by atoms with van der Waals surface area (Å²) in [7, 11) is -4.02. The second kappa shape index (κ2) is 8.62. The van der Waals surface area contributed by atoms with Gasteiger partial charge in [-0.3, -0.25) is 0 Å². The van der Waals surface area contributed by atoms with Crippen LogP contribution in [0.5, 0.6) is 0 Å². The predicted molar refractivity (Wildman–Crippen MR) is 129 cm³/mol. The van der Waals surface area contributed by atoms with Crippen molar-refractivity contribution in [1.29, 1.82) is 0 Å². The Hall–Kier alpha value is -3.21. The smallest absolute Gasteiger partial charge is 0.286 e. The van der Waals surface area contributed by atoms with Crippen LogP contribution in [0, 0.1) is 0 Å². The molecule has 1 unspecified atom stereocenters. The van der Waals surface area contributed by atoms with Crippen LogP contribution < -0.4 is 15.5 Å². The van der Waals surface area contributed by atoms with E-state index in [-0.39, 0.29) is 21.5 Å². The highest BCUT2D eigenvalue weighted by Gasteiger charge is 2.24. The molecule has 1 fully saturated rings. The SMILES string of the molecule is CC1CN(c2ccc(Nc3ncc4cnn(S(=O)(=O)c5ccccc5Cl)c4n3)cc2)CCN1. The summed E-state index contributed by atoms with van der Waals surface area (Å²) in [5.74, 6) is 0.266. The van der Waals surface area contributed by atoms with Crippen molar-refractivity contribution < 1.29 is 8.42 Å². The van der Waals surface area contributed by atoms with Gasteiger partial charge in [-0.25, -0.2) is 4.98 Å². The highest BCUT2D eigenvalue weighted by molar-refractivity contribution is 7.90. The van der Waals surface area contributed by atoms with Crippen molar-refractivity contribution in [3.63, 3.8) is 0 Å². The van der Waals surface area contributed by atoms with Crippen LogP contribution in [-0.2, 0) is 10.0 Å². The van der Waals surface area contributed by atoms with E-state index in [9.17, 15) is 8.42 Å². The molecule has 0 amide bonds. The molecule has 9 nitrogen and oxygen atoms in total. The molecule has 5 rings (SSSR count). The number of hydrogen-bond acceptors (Lipinski definition) is 8. The van der Waals surface area contributed by atoms with Gasteiger partial charge in [0.1, 0.15) is 4.90 Å². The summed E-state index contributed by atoms with van der Waals surface area (Å²) in [5.41, 5.74) is 2.11. The standard InChI is InChI=1S/C22H22ClN7O2S/c1-15-14-29(11-10-24-15)18-8-6-17(7-9-18)27-22-25-12-16-13-26-30(21(16)28-22)33(31,32)20-5-3-2-4-19(20)23/h2-9,12-13,15,24H,10-11,14H2,1H3,(H,25,27,28). The van der Waals surface area contributed by atoms with E-state index >= 15 is 0 Å². The summed E-state index contributed by atoms with van der Waals surface area (Å²) in [6, 6.07) is 14.7. The monoisotopic (exact) mass is 483 g/mol. The third-order valence-electron chi connectivity index (χ3n) is 5.48. The molecule has 4 aromatic rings. The Kier molecular flexibility index (Phi) is 5.65. The topological polar surface area (TPSA) is 105 Å². The largest absolute Gasteiger partial charge is 0.369 e. The predicted octanol–water partition coefficient (Wildman–Crippen LogP) is 3.26. The zero-order chi connectivity index (χ0) is 23.0. The average molecular weight is 484 g/mol. The van der Waals surface area contributed by atoms with Gasteiger partial charge >= 0.3 is 0 Å². The van der Waals surface area contributed by atoms with Gasteiger partial charge in [0.05, 0.1) is 16.6 Å². The van der Waals surface area contributed by atoms with Gasteiger partial charge in [0.15, 0.2) is 5.65 Å². The lowest BCUT2D eigenvalue weighted by molar-refractivity contribution is 0.485. The van der Waals surface area contributed by atoms with Crippen LogP contribution >= 0.6 is 11.6 Å². The Bertz CT molecular complexity index is 1410. The second-order valence-corrected chi connectivity index (χ2v) is 10.0. The number of nitrogens with zero attached hydrogens (tertiary/aromatic N) is 5. The molecule has 33 heavy (non-hydrogen) atoms. The van der Waals surface area contributed by atoms with Crippen LogP contribution in [0.1, 0.15) is 6.92 Å². The van der Waals surface area contributed by atoms with Gasteiger partial charge in [0, 0.05) is 43.2 Å². The van der Waals surface area contributed by atoms with Crippen LogP contribution in [0.15, 0.2) is 65.8 Å². The number of anilines is 3. The lowest BCUT2D eigenvalue weighted by Crippen LogP contribution is -2.49. The van der Waals surface area contributed by atoms with Crippen molar-refractivity contribution >= 4 is 50.0 Å². The number of nitrogens with one attached hydrogen (secondary N) is 2. The van der Waals surface area contributed by atoms with Crippen LogP contribution in [0.2, 0.25) is 5.02 Å². The van der Waals surface area contributed by atoms with Crippen molar-refractivity contribution in [2.45, 2.75) is 17.9 Å². The van der Waals surface area contributed by atoms with Gasteiger partial charge in [0.25, 0.3) is 10.0 Å². The normalized spacial score (nSPS) is 16.8. The summed E-state index contributed by atoms with van der Waals surface area (Å²) in [6.45, 7) is 5.04. The highest BCUT2D eigenvalue weighted by Crippen LogP contribution is 2.26. The summed E-state index contributed by atoms with van der Waals surface area (Å²) in [4.78, 5) is 11.0. The fraction of sp³-hybridized carbons (Fsp3) is 0.227. The van der Waals surface area contributed by atoms with E-state index in [0.29, 0.717) is 11.4 Å². The zero-order valence-electron chi connectivity index (χ0n) is 17.8. The maximum Gasteiger partial charge on any atom is 0.286 e. The fourth-order valence-corrected chi connectivity index (χ4v) is 5.56. The first-order valence-electron chi connectivity index (χ1n) is 10.5. The average Bonchev–Trinajstić information content (AvgIpc) is 3.24. The zero-order valence-corrected chi connectivity index (χ0v) is 19.4. The Morgan fingerprint density at radius 2 is 1.91 bits per heavy atom. The Morgan fingerprint density at radius 1 is 1.12 bits per heavy atom. The molecule has 3 heterocycles. The van der Waals surface area contributed by atoms with E-state index in [2.05, 4.69) is 37.5 Å². The molecular formula is C22H22ClN7O2S. The molecule has 11 heteroatoms. The lowest BCUT2D eigenvalue weighted by atomic mass is 10.2. The van der Waals surface area contributed by atoms with Crippen LogP contribution in [-0.4, -0.2) is 53.2 Å². The summed E-state index contributed by atoms with van der Waals surface area (Å²) in [5, 5.41) is 11.2. The van der Waals surface area contributed by atoms with E-state index in [0.717, 1.165) is 35.1 Å². The van der Waals surface area contributed by atoms with E-state index < -0.39 is 10.0 Å². The number of hydrogen-bond donors (Lipinski definition) is 2. The molecule has 2 aromatic heterocycles. The maximum atomic E-state index is 13.1. The maximum absolute atomic E-state index is 13.1. The van der Waals surface area contributed by atoms with Crippen LogP contribution in [0.25, 0.3) is 11.0 Å². The summed E-state index contributed by atoms with van der Waals surface area (Å²) < 4.78 is 27.2. The van der Waals surface area contributed by atoms with Crippen LogP contribution in [0.4, 0.5) is 17.3 Å². The second-order valence-electron chi connectivity index (χ2n) is 7.87. The van der Waals surface area contributed by atoms with Gasteiger partial charge in [-0.15, -0.1) is 4.09 Å². The summed E-state index contributed by atoms with van der Waals surface area (Å²) in [6.07, 6.45) is 2.95. The van der Waals surface area contributed by atoms with Crippen molar-refractivity contribution in [3.05, 3.63) is 65.9 Å². The molecule has 1 atom stereocenters. The number of fused-ring (bicyclic) bond motifs is 1. The molecule has 2 N–H and O–H groups in total. The third kappa shape index (κ3) is 4.24. The van der Waals surface area contributed by atoms with Crippen LogP contribution in [0.3, 0.4) is 0 Å². The van der Waals surface area contributed by atoms with Gasteiger partial charge in [-0.05, 0) is 43.3 Å². The molecule has 1 aliphatic heterocycles. The minimum absolute atomic E-state index is 0.0393. The molecule has 1 aliphatic rings. The molecule has 0 bridgehead atoms. The van der Waals surface area contributed by atoms with E-state index in [1.54, 1.807) is 12.1 Å². The molecule has 0 saturated carbocycles. The lowest BCUT2D eigenvalue weighted by Gasteiger charge is -2.33. The van der Waals surface area contributed by atoms with Crippen molar-refractivity contribution in [2.75, 3.05) is 29.9 Å². The number of halogens is 1. The van der Waals surface area contributed by atoms with Gasteiger partial charge < -0.3 is 15.5 Å². The Balaban J connectivity index is 1.42. The summed E-state index contributed by atoms with van der Waals surface area (Å²) >= 11 is 6.12. The molecule has 0 radical (unpaired) electrons. The quantitative estimate of drug-likeness (QED) is 0.445. The van der Waals surface area contributed by atoms with E-state index in [1.165, 1.54) is 24.5 Å². The molecule has 0 aliphatic carbocycles. The molecule has 1 saturated heterocycles. The Labute approximate surface area is 196 Å². The van der Waals surface area contributed by atoms with E-state index in [1.807, 2.05) is 24.3 Å². The molecule has 2 aromatic carbocycles. The molecular weight excluding hydrogens is 462 g/mol. The van der Waals surface area contributed by atoms with Gasteiger partial charge in [0.2, 0.25) is 5.95 Å². The first-order valence-corrected chi connectivity index (χ1v) is 12.3. The highest BCUT2D eigenvalue weighted by atomic mass is 35.5. The van der Waals surface area contributed by atoms with Crippen molar-refractivity contribution in [3.8, 4) is 0 Å². The van der Waals surface area contributed by atoms with Crippen molar-refractivity contribution in [1.82, 2.24) is 24.5 Å². The fourth-order valence-electron chi connectivity index (χ4n) is 3.83. The van der Waals surface area contributed by atoms with Crippen molar-refractivity contribution in [2.24, 2.45) is 0 Å². The number of aromatic nitrogens is 4. The minimum atomic E-state index is -4.02. The third-order valence-corrected chi connectivity index (χ3v) is 7.55. The number of benzene rings is 2. The van der Waals surface area contributed by atoms with Gasteiger partial charge in [-0.1, -0.05) is 23.7 Å². The van der Waals surface area contributed by atoms with Gasteiger partial charge in [-0.2, -0.15) is 18.5 Å². The minimum Gasteiger partial charge on any atom is -0.369 e. The van der Waals surface area contributed by atoms with E-state index in [4.69, 9.17) is 11.6 Å². The molecule has 0 spiro atoms. The molecule has 170 valence electrons. The first-order chi connectivity index (χ1) is 15.9.